The van der Waals surface area contributed by atoms with Crippen LogP contribution in [0, 0.1) is 0 Å². The number of rotatable bonds is 9. The van der Waals surface area contributed by atoms with Gasteiger partial charge in [-0.15, -0.1) is 0 Å². The second-order valence-corrected chi connectivity index (χ2v) is 7.71. The van der Waals surface area contributed by atoms with Crippen LogP contribution in [0.25, 0.3) is 0 Å². The summed E-state index contributed by atoms with van der Waals surface area (Å²) in [4.78, 5) is 12.5. The molecule has 3 nitrogen and oxygen atoms in total. The maximum absolute atomic E-state index is 12.5. The van der Waals surface area contributed by atoms with Crippen molar-refractivity contribution in [3.63, 3.8) is 0 Å². The van der Waals surface area contributed by atoms with Crippen molar-refractivity contribution in [2.75, 3.05) is 6.61 Å². The summed E-state index contributed by atoms with van der Waals surface area (Å²) in [5.74, 6) is 0.312. The van der Waals surface area contributed by atoms with E-state index in [1.165, 1.54) is 29.5 Å². The van der Waals surface area contributed by atoms with Crippen LogP contribution in [-0.2, 0) is 24.0 Å². The molecular weight excluding hydrogens is 348 g/mol. The smallest absolute Gasteiger partial charge is 0.343 e. The van der Waals surface area contributed by atoms with Crippen LogP contribution in [0.15, 0.2) is 42.5 Å². The third kappa shape index (κ3) is 5.68. The molecule has 1 aliphatic rings. The number of fused-ring (bicyclic) bond motifs is 1. The van der Waals surface area contributed by atoms with E-state index in [1.807, 2.05) is 36.4 Å². The minimum atomic E-state index is -0.288. The number of aryl methyl sites for hydroxylation is 2. The van der Waals surface area contributed by atoms with Gasteiger partial charge in [0.05, 0.1) is 11.7 Å². The number of esters is 1. The highest BCUT2D eigenvalue weighted by atomic mass is 16.5. The Balaban J connectivity index is 1.57. The van der Waals surface area contributed by atoms with Gasteiger partial charge in [0.1, 0.15) is 5.75 Å². The van der Waals surface area contributed by atoms with Crippen LogP contribution in [-0.4, -0.2) is 18.7 Å². The lowest BCUT2D eigenvalue weighted by atomic mass is 9.88. The van der Waals surface area contributed by atoms with Gasteiger partial charge in [-0.25, -0.2) is 4.79 Å². The lowest BCUT2D eigenvalue weighted by molar-refractivity contribution is 0.0419. The van der Waals surface area contributed by atoms with Crippen LogP contribution in [0.1, 0.15) is 73.0 Å². The number of benzene rings is 2. The largest absolute Gasteiger partial charge is 0.423 e. The minimum Gasteiger partial charge on any atom is -0.423 e. The van der Waals surface area contributed by atoms with Crippen LogP contribution < -0.4 is 4.74 Å². The third-order valence-electron chi connectivity index (χ3n) is 5.40. The van der Waals surface area contributed by atoms with Crippen molar-refractivity contribution in [3.8, 4) is 5.75 Å². The molecule has 0 aromatic heterocycles. The molecule has 0 aliphatic heterocycles. The molecule has 3 heteroatoms. The summed E-state index contributed by atoms with van der Waals surface area (Å²) in [6, 6.07) is 13.8. The molecular formula is C25H32O3. The van der Waals surface area contributed by atoms with Crippen molar-refractivity contribution in [1.29, 1.82) is 0 Å². The van der Waals surface area contributed by atoms with Crippen LogP contribution in [0.3, 0.4) is 0 Å². The zero-order chi connectivity index (χ0) is 19.8. The summed E-state index contributed by atoms with van der Waals surface area (Å²) < 4.78 is 11.6. The standard InChI is InChI=1S/C25H32O3/c1-3-5-6-16-27-24-15-12-20-17-22(11-10-21(20)18-24)25(26)28-23-13-8-19(7-4-2)9-14-23/h8-11,13-14,17,24H,3-7,12,15-16,18H2,1-2H3. The first kappa shape index (κ1) is 20.6. The molecule has 2 aromatic rings. The van der Waals surface area contributed by atoms with Crippen molar-refractivity contribution in [3.05, 3.63) is 64.7 Å². The maximum atomic E-state index is 12.5. The second-order valence-electron chi connectivity index (χ2n) is 7.71. The summed E-state index contributed by atoms with van der Waals surface area (Å²) in [6.45, 7) is 5.22. The van der Waals surface area contributed by atoms with Gasteiger partial charge in [-0.1, -0.05) is 51.3 Å². The highest BCUT2D eigenvalue weighted by Gasteiger charge is 2.21. The van der Waals surface area contributed by atoms with E-state index in [-0.39, 0.29) is 5.97 Å². The average Bonchev–Trinajstić information content (AvgIpc) is 2.72. The molecule has 0 amide bonds. The summed E-state index contributed by atoms with van der Waals surface area (Å²) in [5, 5.41) is 0. The van der Waals surface area contributed by atoms with Gasteiger partial charge in [0.15, 0.2) is 0 Å². The number of hydrogen-bond donors (Lipinski definition) is 0. The first-order valence-corrected chi connectivity index (χ1v) is 10.7. The van der Waals surface area contributed by atoms with E-state index in [2.05, 4.69) is 19.9 Å². The molecule has 0 heterocycles. The SMILES string of the molecule is CCCCCOC1CCc2cc(C(=O)Oc3ccc(CCC)cc3)ccc2C1. The number of hydrogen-bond acceptors (Lipinski definition) is 3. The quantitative estimate of drug-likeness (QED) is 0.308. The lowest BCUT2D eigenvalue weighted by Crippen LogP contribution is -2.23. The van der Waals surface area contributed by atoms with E-state index < -0.39 is 0 Å². The number of ether oxygens (including phenoxy) is 2. The maximum Gasteiger partial charge on any atom is 0.343 e. The molecule has 0 radical (unpaired) electrons. The zero-order valence-corrected chi connectivity index (χ0v) is 17.2. The van der Waals surface area contributed by atoms with Crippen LogP contribution in [0.2, 0.25) is 0 Å². The molecule has 0 spiro atoms. The van der Waals surface area contributed by atoms with Crippen molar-refractivity contribution >= 4 is 5.97 Å². The highest BCUT2D eigenvalue weighted by Crippen LogP contribution is 2.25. The van der Waals surface area contributed by atoms with Gasteiger partial charge in [-0.2, -0.15) is 0 Å². The molecule has 28 heavy (non-hydrogen) atoms. The van der Waals surface area contributed by atoms with Gasteiger partial charge in [-0.05, 0) is 73.1 Å². The summed E-state index contributed by atoms with van der Waals surface area (Å²) >= 11 is 0. The molecule has 1 aliphatic carbocycles. The van der Waals surface area contributed by atoms with Gasteiger partial charge in [0, 0.05) is 6.61 Å². The van der Waals surface area contributed by atoms with E-state index in [1.54, 1.807) is 0 Å². The first-order chi connectivity index (χ1) is 13.7. The minimum absolute atomic E-state index is 0.288. The normalized spacial score (nSPS) is 15.9. The predicted octanol–water partition coefficient (Wildman–Crippen LogP) is 5.92. The Morgan fingerprint density at radius 3 is 2.57 bits per heavy atom. The second kappa shape index (κ2) is 10.4. The third-order valence-corrected chi connectivity index (χ3v) is 5.40. The highest BCUT2D eigenvalue weighted by molar-refractivity contribution is 5.91. The number of carbonyl (C=O) groups excluding carboxylic acids is 1. The Kier molecular flexibility index (Phi) is 7.67. The Morgan fingerprint density at radius 1 is 1.00 bits per heavy atom. The fourth-order valence-electron chi connectivity index (χ4n) is 3.77. The first-order valence-electron chi connectivity index (χ1n) is 10.7. The topological polar surface area (TPSA) is 35.5 Å². The van der Waals surface area contributed by atoms with Gasteiger partial charge in [-0.3, -0.25) is 0 Å². The van der Waals surface area contributed by atoms with Gasteiger partial charge in [0.2, 0.25) is 0 Å². The van der Waals surface area contributed by atoms with E-state index in [0.29, 0.717) is 17.4 Å². The monoisotopic (exact) mass is 380 g/mol. The van der Waals surface area contributed by atoms with Crippen molar-refractivity contribution in [2.45, 2.75) is 71.3 Å². The van der Waals surface area contributed by atoms with E-state index in [4.69, 9.17) is 9.47 Å². The fourth-order valence-corrected chi connectivity index (χ4v) is 3.77. The van der Waals surface area contributed by atoms with Gasteiger partial charge >= 0.3 is 5.97 Å². The van der Waals surface area contributed by atoms with Crippen molar-refractivity contribution in [2.24, 2.45) is 0 Å². The molecule has 0 saturated carbocycles. The molecule has 0 fully saturated rings. The molecule has 1 atom stereocenters. The number of carbonyl (C=O) groups is 1. The fraction of sp³-hybridized carbons (Fsp3) is 0.480. The Labute approximate surface area is 169 Å². The predicted molar refractivity (Wildman–Crippen MR) is 113 cm³/mol. The van der Waals surface area contributed by atoms with E-state index in [9.17, 15) is 4.79 Å². The molecule has 3 rings (SSSR count). The molecule has 0 bridgehead atoms. The van der Waals surface area contributed by atoms with Crippen molar-refractivity contribution < 1.29 is 14.3 Å². The Morgan fingerprint density at radius 2 is 1.82 bits per heavy atom. The number of unbranched alkanes of at least 4 members (excludes halogenated alkanes) is 2. The van der Waals surface area contributed by atoms with Gasteiger partial charge in [0.25, 0.3) is 0 Å². The van der Waals surface area contributed by atoms with E-state index >= 15 is 0 Å². The van der Waals surface area contributed by atoms with Crippen LogP contribution in [0.4, 0.5) is 0 Å². The van der Waals surface area contributed by atoms with Crippen molar-refractivity contribution in [1.82, 2.24) is 0 Å². The average molecular weight is 381 g/mol. The van der Waals surface area contributed by atoms with Gasteiger partial charge < -0.3 is 9.47 Å². The molecule has 1 unspecified atom stereocenters. The molecule has 0 N–H and O–H groups in total. The lowest BCUT2D eigenvalue weighted by Gasteiger charge is -2.25. The van der Waals surface area contributed by atoms with E-state index in [0.717, 1.165) is 45.1 Å². The Bertz CT molecular complexity index is 764. The van der Waals surface area contributed by atoms with Crippen LogP contribution in [0.5, 0.6) is 5.75 Å². The Hall–Kier alpha value is -2.13. The summed E-state index contributed by atoms with van der Waals surface area (Å²) in [6.07, 6.45) is 8.98. The summed E-state index contributed by atoms with van der Waals surface area (Å²) in [5.41, 5.74) is 4.44. The molecule has 2 aromatic carbocycles. The molecule has 150 valence electrons. The molecule has 0 saturated heterocycles. The summed E-state index contributed by atoms with van der Waals surface area (Å²) in [7, 11) is 0. The van der Waals surface area contributed by atoms with Crippen LogP contribution >= 0.6 is 0 Å². The zero-order valence-electron chi connectivity index (χ0n) is 17.2.